The van der Waals surface area contributed by atoms with Gasteiger partial charge in [0.15, 0.2) is 0 Å². The van der Waals surface area contributed by atoms with Gasteiger partial charge < -0.3 is 0 Å². The van der Waals surface area contributed by atoms with Crippen LogP contribution in [-0.2, 0) is 4.79 Å². The third kappa shape index (κ3) is 7.13. The summed E-state index contributed by atoms with van der Waals surface area (Å²) in [7, 11) is 0. The molecule has 0 N–H and O–H groups in total. The molecule has 2 heteroatoms. The second kappa shape index (κ2) is 9.71. The molecule has 0 aliphatic carbocycles. The number of carbonyl (C=O) groups is 1. The zero-order valence-corrected chi connectivity index (χ0v) is 10.1. The molecule has 0 rings (SSSR count). The van der Waals surface area contributed by atoms with Crippen LogP contribution in [0.25, 0.3) is 0 Å². The molecule has 0 radical (unpaired) electrons. The minimum absolute atomic E-state index is 0.149. The Bertz CT molecular complexity index is 205. The monoisotopic (exact) mass is 209 g/mol. The molecule has 0 bridgehead atoms. The largest absolute Gasteiger partial charge is 0.298 e. The first-order valence-electron chi connectivity index (χ1n) is 6.18. The van der Waals surface area contributed by atoms with Crippen molar-refractivity contribution in [3.63, 3.8) is 0 Å². The van der Waals surface area contributed by atoms with Crippen molar-refractivity contribution in [2.24, 2.45) is 5.92 Å². The van der Waals surface area contributed by atoms with Crippen LogP contribution in [0.15, 0.2) is 0 Å². The van der Waals surface area contributed by atoms with Gasteiger partial charge in [0.1, 0.15) is 11.7 Å². The molecule has 0 aromatic heterocycles. The van der Waals surface area contributed by atoms with Crippen LogP contribution in [0.5, 0.6) is 0 Å². The molecule has 0 spiro atoms. The molecule has 1 atom stereocenters. The van der Waals surface area contributed by atoms with Gasteiger partial charge in [-0.1, -0.05) is 46.0 Å². The van der Waals surface area contributed by atoms with Crippen molar-refractivity contribution in [1.82, 2.24) is 0 Å². The predicted octanol–water partition coefficient (Wildman–Crippen LogP) is 3.86. The number of hydrogen-bond acceptors (Lipinski definition) is 2. The normalized spacial score (nSPS) is 12.1. The molecular weight excluding hydrogens is 186 g/mol. The minimum Gasteiger partial charge on any atom is -0.298 e. The lowest BCUT2D eigenvalue weighted by Crippen LogP contribution is -2.12. The third-order valence-corrected chi connectivity index (χ3v) is 2.67. The zero-order chi connectivity index (χ0) is 11.5. The van der Waals surface area contributed by atoms with E-state index in [4.69, 9.17) is 5.26 Å². The van der Waals surface area contributed by atoms with Crippen molar-refractivity contribution in [3.8, 4) is 6.07 Å². The van der Waals surface area contributed by atoms with Crippen molar-refractivity contribution >= 4 is 5.78 Å². The van der Waals surface area contributed by atoms with Crippen molar-refractivity contribution in [1.29, 1.82) is 5.26 Å². The van der Waals surface area contributed by atoms with Crippen molar-refractivity contribution in [2.45, 2.75) is 65.2 Å². The molecule has 0 fully saturated rings. The van der Waals surface area contributed by atoms with E-state index in [-0.39, 0.29) is 11.7 Å². The van der Waals surface area contributed by atoms with Gasteiger partial charge in [-0.05, 0) is 12.8 Å². The molecule has 1 unspecified atom stereocenters. The highest BCUT2D eigenvalue weighted by Crippen LogP contribution is 2.14. The van der Waals surface area contributed by atoms with E-state index in [1.807, 2.05) is 0 Å². The maximum atomic E-state index is 11.6. The molecule has 0 aromatic carbocycles. The Morgan fingerprint density at radius 3 is 2.33 bits per heavy atom. The average Bonchev–Trinajstić information content (AvgIpc) is 2.26. The van der Waals surface area contributed by atoms with Gasteiger partial charge in [-0.2, -0.15) is 5.26 Å². The SMILES string of the molecule is CCCCCCC(C#N)C(=O)CCCC. The fraction of sp³-hybridized carbons (Fsp3) is 0.846. The Kier molecular flexibility index (Phi) is 9.16. The van der Waals surface area contributed by atoms with Gasteiger partial charge in [0.25, 0.3) is 0 Å². The van der Waals surface area contributed by atoms with Crippen LogP contribution in [0.4, 0.5) is 0 Å². The first-order chi connectivity index (χ1) is 7.26. The Morgan fingerprint density at radius 2 is 1.80 bits per heavy atom. The summed E-state index contributed by atoms with van der Waals surface area (Å²) in [5.74, 6) is -0.191. The highest BCUT2D eigenvalue weighted by molar-refractivity contribution is 5.83. The third-order valence-electron chi connectivity index (χ3n) is 2.67. The number of nitriles is 1. The minimum atomic E-state index is -0.339. The number of nitrogens with zero attached hydrogens (tertiary/aromatic N) is 1. The number of rotatable bonds is 9. The van der Waals surface area contributed by atoms with Gasteiger partial charge in [-0.25, -0.2) is 0 Å². The van der Waals surface area contributed by atoms with Crippen LogP contribution in [0, 0.1) is 17.2 Å². The zero-order valence-electron chi connectivity index (χ0n) is 10.1. The van der Waals surface area contributed by atoms with E-state index in [1.54, 1.807) is 0 Å². The highest BCUT2D eigenvalue weighted by Gasteiger charge is 2.15. The lowest BCUT2D eigenvalue weighted by Gasteiger charge is -2.07. The fourth-order valence-corrected chi connectivity index (χ4v) is 1.60. The maximum Gasteiger partial charge on any atom is 0.149 e. The Morgan fingerprint density at radius 1 is 1.13 bits per heavy atom. The first kappa shape index (κ1) is 14.2. The van der Waals surface area contributed by atoms with Crippen LogP contribution in [0.1, 0.15) is 65.2 Å². The van der Waals surface area contributed by atoms with Gasteiger partial charge in [0, 0.05) is 6.42 Å². The molecule has 86 valence electrons. The van der Waals surface area contributed by atoms with E-state index in [9.17, 15) is 4.79 Å². The van der Waals surface area contributed by atoms with Gasteiger partial charge in [0.2, 0.25) is 0 Å². The maximum absolute atomic E-state index is 11.6. The van der Waals surface area contributed by atoms with E-state index < -0.39 is 0 Å². The van der Waals surface area contributed by atoms with Crippen LogP contribution in [0.2, 0.25) is 0 Å². The van der Waals surface area contributed by atoms with Gasteiger partial charge >= 0.3 is 0 Å². The van der Waals surface area contributed by atoms with Crippen molar-refractivity contribution in [2.75, 3.05) is 0 Å². The first-order valence-corrected chi connectivity index (χ1v) is 6.18. The lowest BCUT2D eigenvalue weighted by molar-refractivity contribution is -0.121. The molecule has 0 heterocycles. The number of Topliss-reactive ketones (excluding diaryl/α,β-unsaturated/α-hetero) is 1. The van der Waals surface area contributed by atoms with Crippen molar-refractivity contribution in [3.05, 3.63) is 0 Å². The lowest BCUT2D eigenvalue weighted by atomic mass is 9.95. The number of hydrogen-bond donors (Lipinski definition) is 0. The van der Waals surface area contributed by atoms with E-state index in [0.29, 0.717) is 6.42 Å². The summed E-state index contributed by atoms with van der Waals surface area (Å²) >= 11 is 0. The molecule has 0 aliphatic heterocycles. The molecule has 0 aliphatic rings. The van der Waals surface area contributed by atoms with Gasteiger partial charge in [-0.3, -0.25) is 4.79 Å². The summed E-state index contributed by atoms with van der Waals surface area (Å²) in [5, 5.41) is 8.88. The van der Waals surface area contributed by atoms with Crippen LogP contribution in [0.3, 0.4) is 0 Å². The Hall–Kier alpha value is -0.840. The van der Waals surface area contributed by atoms with Gasteiger partial charge in [0.05, 0.1) is 6.07 Å². The second-order valence-corrected chi connectivity index (χ2v) is 4.10. The molecule has 0 aromatic rings. The smallest absolute Gasteiger partial charge is 0.149 e. The highest BCUT2D eigenvalue weighted by atomic mass is 16.1. The Balaban J connectivity index is 3.72. The average molecular weight is 209 g/mol. The van der Waals surface area contributed by atoms with E-state index in [1.165, 1.54) is 12.8 Å². The molecule has 0 saturated carbocycles. The molecule has 0 amide bonds. The van der Waals surface area contributed by atoms with E-state index in [2.05, 4.69) is 19.9 Å². The number of ketones is 1. The standard InChI is InChI=1S/C13H23NO/c1-3-5-7-8-9-12(11-14)13(15)10-6-4-2/h12H,3-10H2,1-2H3. The summed E-state index contributed by atoms with van der Waals surface area (Å²) in [6, 6.07) is 2.14. The summed E-state index contributed by atoms with van der Waals surface area (Å²) in [5.41, 5.74) is 0. The summed E-state index contributed by atoms with van der Waals surface area (Å²) in [6.45, 7) is 4.23. The Labute approximate surface area is 93.7 Å². The van der Waals surface area contributed by atoms with E-state index >= 15 is 0 Å². The summed E-state index contributed by atoms with van der Waals surface area (Å²) < 4.78 is 0. The fourth-order valence-electron chi connectivity index (χ4n) is 1.60. The predicted molar refractivity (Wildman–Crippen MR) is 62.4 cm³/mol. The second-order valence-electron chi connectivity index (χ2n) is 4.10. The van der Waals surface area contributed by atoms with Gasteiger partial charge in [-0.15, -0.1) is 0 Å². The molecular formula is C13H23NO. The van der Waals surface area contributed by atoms with Crippen LogP contribution < -0.4 is 0 Å². The number of unbranched alkanes of at least 4 members (excludes halogenated alkanes) is 4. The summed E-state index contributed by atoms with van der Waals surface area (Å²) in [4.78, 5) is 11.6. The quantitative estimate of drug-likeness (QED) is 0.541. The molecule has 2 nitrogen and oxygen atoms in total. The van der Waals surface area contributed by atoms with Crippen LogP contribution >= 0.6 is 0 Å². The molecule has 0 saturated heterocycles. The number of carbonyl (C=O) groups excluding carboxylic acids is 1. The van der Waals surface area contributed by atoms with E-state index in [0.717, 1.165) is 32.1 Å². The van der Waals surface area contributed by atoms with Crippen molar-refractivity contribution < 1.29 is 4.79 Å². The topological polar surface area (TPSA) is 40.9 Å². The van der Waals surface area contributed by atoms with Crippen LogP contribution in [-0.4, -0.2) is 5.78 Å². The molecule has 15 heavy (non-hydrogen) atoms. The summed E-state index contributed by atoms with van der Waals surface area (Å²) in [6.07, 6.45) is 7.87.